The number of ether oxygens (including phenoxy) is 1. The highest BCUT2D eigenvalue weighted by Crippen LogP contribution is 2.17. The van der Waals surface area contributed by atoms with E-state index in [1.165, 1.54) is 135 Å². The normalized spacial score (nSPS) is 13.6. The number of carbonyl (C=O) groups excluding carboxylic acids is 2. The quantitative estimate of drug-likeness (QED) is 0.0247. The second-order valence-corrected chi connectivity index (χ2v) is 16.9. The number of hydrogen-bond acceptors (Lipinski definition) is 5. The van der Waals surface area contributed by atoms with Crippen molar-refractivity contribution >= 4 is 11.9 Å². The van der Waals surface area contributed by atoms with Crippen molar-refractivity contribution in [3.63, 3.8) is 0 Å². The van der Waals surface area contributed by atoms with E-state index in [0.717, 1.165) is 70.6 Å². The summed E-state index contributed by atoms with van der Waals surface area (Å²) in [7, 11) is 0. The van der Waals surface area contributed by atoms with Crippen molar-refractivity contribution in [3.8, 4) is 0 Å². The molecule has 334 valence electrons. The van der Waals surface area contributed by atoms with Crippen LogP contribution in [-0.2, 0) is 14.3 Å². The number of aliphatic hydroxyl groups excluding tert-OH is 2. The first-order chi connectivity index (χ1) is 28.0. The molecule has 6 heteroatoms. The highest BCUT2D eigenvalue weighted by molar-refractivity contribution is 5.77. The van der Waals surface area contributed by atoms with E-state index < -0.39 is 18.2 Å². The monoisotopic (exact) mass is 802 g/mol. The summed E-state index contributed by atoms with van der Waals surface area (Å²) < 4.78 is 5.91. The van der Waals surface area contributed by atoms with Crippen LogP contribution in [-0.4, -0.2) is 46.9 Å². The van der Waals surface area contributed by atoms with E-state index in [4.69, 9.17) is 4.74 Å². The van der Waals surface area contributed by atoms with Gasteiger partial charge in [0.25, 0.3) is 0 Å². The first-order valence-corrected chi connectivity index (χ1v) is 24.7. The molecule has 0 saturated heterocycles. The molecule has 1 amide bonds. The Bertz CT molecular complexity index is 946. The van der Waals surface area contributed by atoms with Crippen LogP contribution in [0.25, 0.3) is 0 Å². The van der Waals surface area contributed by atoms with E-state index >= 15 is 0 Å². The molecular weight excluding hydrogens is 707 g/mol. The molecule has 0 spiro atoms. The molecule has 6 nitrogen and oxygen atoms in total. The van der Waals surface area contributed by atoms with Gasteiger partial charge in [0, 0.05) is 6.42 Å². The van der Waals surface area contributed by atoms with Crippen LogP contribution in [0.15, 0.2) is 36.5 Å². The third kappa shape index (κ3) is 40.6. The second-order valence-electron chi connectivity index (χ2n) is 16.9. The number of rotatable bonds is 44. The average Bonchev–Trinajstić information content (AvgIpc) is 3.20. The van der Waals surface area contributed by atoms with Gasteiger partial charge in [0.2, 0.25) is 5.91 Å². The first kappa shape index (κ1) is 55.1. The zero-order valence-corrected chi connectivity index (χ0v) is 38.0. The molecule has 3 atom stereocenters. The lowest BCUT2D eigenvalue weighted by molar-refractivity contribution is -0.151. The minimum absolute atomic E-state index is 0.0688. The van der Waals surface area contributed by atoms with Crippen molar-refractivity contribution in [2.75, 3.05) is 6.61 Å². The summed E-state index contributed by atoms with van der Waals surface area (Å²) in [6, 6.07) is -0.703. The molecule has 0 aromatic rings. The maximum Gasteiger partial charge on any atom is 0.306 e. The lowest BCUT2D eigenvalue weighted by Gasteiger charge is -2.24. The lowest BCUT2D eigenvalue weighted by Crippen LogP contribution is -2.46. The lowest BCUT2D eigenvalue weighted by atomic mass is 10.0. The predicted molar refractivity (Wildman–Crippen MR) is 246 cm³/mol. The summed E-state index contributed by atoms with van der Waals surface area (Å²) in [5, 5.41) is 23.7. The summed E-state index contributed by atoms with van der Waals surface area (Å²) in [5.41, 5.74) is 0. The van der Waals surface area contributed by atoms with Gasteiger partial charge in [-0.2, -0.15) is 0 Å². The van der Waals surface area contributed by atoms with Gasteiger partial charge in [-0.05, 0) is 77.0 Å². The Labute approximate surface area is 353 Å². The molecule has 0 rings (SSSR count). The van der Waals surface area contributed by atoms with Crippen LogP contribution < -0.4 is 5.32 Å². The molecule has 3 unspecified atom stereocenters. The Morgan fingerprint density at radius 3 is 1.40 bits per heavy atom. The fourth-order valence-corrected chi connectivity index (χ4v) is 7.42. The molecule has 0 aromatic heterocycles. The standard InChI is InChI=1S/C51H95NO5/c1-4-7-10-13-16-19-22-24-25-27-29-32-35-38-41-44-51(56)57-47(42-39-36-33-30-28-26-23-20-17-14-11-8-5-2)45-50(55)52-48(46-53)49(54)43-40-37-34-31-21-18-15-12-9-6-3/h16,19-20,22-24,47-49,53-54H,4-15,17-18,21,25-46H2,1-3H3,(H,52,55)/b19-16+,23-20-,24-22+. The Morgan fingerprint density at radius 2 is 0.895 bits per heavy atom. The van der Waals surface area contributed by atoms with Crippen molar-refractivity contribution in [2.45, 2.75) is 270 Å². The Morgan fingerprint density at radius 1 is 0.509 bits per heavy atom. The number of carbonyl (C=O) groups is 2. The maximum absolute atomic E-state index is 13.2. The highest BCUT2D eigenvalue weighted by Gasteiger charge is 2.24. The summed E-state index contributed by atoms with van der Waals surface area (Å²) in [5.74, 6) is -0.491. The Hall–Kier alpha value is -1.92. The van der Waals surface area contributed by atoms with Gasteiger partial charge < -0.3 is 20.3 Å². The van der Waals surface area contributed by atoms with E-state index in [2.05, 4.69) is 62.5 Å². The molecule has 0 radical (unpaired) electrons. The highest BCUT2D eigenvalue weighted by atomic mass is 16.5. The Balaban J connectivity index is 4.60. The van der Waals surface area contributed by atoms with E-state index in [1.807, 2.05) is 0 Å². The molecule has 0 aliphatic carbocycles. The topological polar surface area (TPSA) is 95.9 Å². The van der Waals surface area contributed by atoms with Crippen LogP contribution in [0.1, 0.15) is 252 Å². The number of amides is 1. The summed E-state index contributed by atoms with van der Waals surface area (Å²) >= 11 is 0. The molecule has 0 bridgehead atoms. The van der Waals surface area contributed by atoms with Crippen molar-refractivity contribution in [2.24, 2.45) is 0 Å². The molecular formula is C51H95NO5. The molecule has 0 heterocycles. The summed E-state index contributed by atoms with van der Waals surface area (Å²) in [6.45, 7) is 6.42. The van der Waals surface area contributed by atoms with Crippen molar-refractivity contribution in [3.05, 3.63) is 36.5 Å². The average molecular weight is 802 g/mol. The predicted octanol–water partition coefficient (Wildman–Crippen LogP) is 14.5. The first-order valence-electron chi connectivity index (χ1n) is 24.7. The fourth-order valence-electron chi connectivity index (χ4n) is 7.42. The van der Waals surface area contributed by atoms with E-state index in [1.54, 1.807) is 0 Å². The smallest absolute Gasteiger partial charge is 0.306 e. The number of esters is 1. The van der Waals surface area contributed by atoms with Crippen LogP contribution >= 0.6 is 0 Å². The van der Waals surface area contributed by atoms with Crippen molar-refractivity contribution in [1.82, 2.24) is 5.32 Å². The number of aliphatic hydroxyl groups is 2. The van der Waals surface area contributed by atoms with Crippen LogP contribution in [0.5, 0.6) is 0 Å². The Kier molecular flexibility index (Phi) is 43.6. The zero-order chi connectivity index (χ0) is 41.7. The molecule has 57 heavy (non-hydrogen) atoms. The van der Waals surface area contributed by atoms with Gasteiger partial charge in [0.1, 0.15) is 6.10 Å². The van der Waals surface area contributed by atoms with Crippen molar-refractivity contribution in [1.29, 1.82) is 0 Å². The van der Waals surface area contributed by atoms with E-state index in [9.17, 15) is 19.8 Å². The SMILES string of the molecule is CCCCC/C=C/C=C/CCCCCCCCC(=O)OC(CCCCCCC/C=C\CCCCCC)CC(=O)NC(CO)C(O)CCCCCCCCCCCC. The minimum atomic E-state index is -0.788. The molecule has 3 N–H and O–H groups in total. The van der Waals surface area contributed by atoms with Crippen LogP contribution in [0.3, 0.4) is 0 Å². The molecule has 0 aromatic carbocycles. The number of allylic oxidation sites excluding steroid dienone is 6. The molecule has 0 aliphatic heterocycles. The minimum Gasteiger partial charge on any atom is -0.462 e. The molecule has 0 saturated carbocycles. The third-order valence-corrected chi connectivity index (χ3v) is 11.2. The van der Waals surface area contributed by atoms with Crippen LogP contribution in [0, 0.1) is 0 Å². The molecule has 0 fully saturated rings. The van der Waals surface area contributed by atoms with Gasteiger partial charge in [-0.15, -0.1) is 0 Å². The van der Waals surface area contributed by atoms with Gasteiger partial charge in [0.05, 0.1) is 25.2 Å². The fraction of sp³-hybridized carbons (Fsp3) is 0.843. The summed E-state index contributed by atoms with van der Waals surface area (Å²) in [4.78, 5) is 26.1. The summed E-state index contributed by atoms with van der Waals surface area (Å²) in [6.07, 6.45) is 52.0. The second kappa shape index (κ2) is 45.2. The maximum atomic E-state index is 13.2. The number of hydrogen-bond donors (Lipinski definition) is 3. The van der Waals surface area contributed by atoms with E-state index in [-0.39, 0.29) is 24.9 Å². The number of unbranched alkanes of at least 4 members (excludes halogenated alkanes) is 27. The van der Waals surface area contributed by atoms with Crippen molar-refractivity contribution < 1.29 is 24.5 Å². The van der Waals surface area contributed by atoms with Crippen LogP contribution in [0.4, 0.5) is 0 Å². The van der Waals surface area contributed by atoms with Crippen LogP contribution in [0.2, 0.25) is 0 Å². The number of nitrogens with one attached hydrogen (secondary N) is 1. The van der Waals surface area contributed by atoms with Gasteiger partial charge in [-0.3, -0.25) is 9.59 Å². The largest absolute Gasteiger partial charge is 0.462 e. The third-order valence-electron chi connectivity index (χ3n) is 11.2. The zero-order valence-electron chi connectivity index (χ0n) is 38.0. The van der Waals surface area contributed by atoms with Gasteiger partial charge in [0.15, 0.2) is 0 Å². The molecule has 0 aliphatic rings. The van der Waals surface area contributed by atoms with Gasteiger partial charge >= 0.3 is 5.97 Å². The van der Waals surface area contributed by atoms with Gasteiger partial charge in [-0.1, -0.05) is 198 Å². The van der Waals surface area contributed by atoms with E-state index in [0.29, 0.717) is 19.3 Å². The van der Waals surface area contributed by atoms with Gasteiger partial charge in [-0.25, -0.2) is 0 Å².